The van der Waals surface area contributed by atoms with E-state index in [-0.39, 0.29) is 19.1 Å². The van der Waals surface area contributed by atoms with Crippen molar-refractivity contribution in [3.63, 3.8) is 0 Å². The van der Waals surface area contributed by atoms with Crippen molar-refractivity contribution in [3.8, 4) is 0 Å². The molecule has 1 fully saturated rings. The Labute approximate surface area is 203 Å². The number of halogens is 1. The first-order valence-electron chi connectivity index (χ1n) is 11.5. The number of likely N-dealkylation sites (tertiary alicyclic amines) is 1. The van der Waals surface area contributed by atoms with Crippen LogP contribution in [0.5, 0.6) is 0 Å². The van der Waals surface area contributed by atoms with Crippen molar-refractivity contribution in [2.45, 2.75) is 25.3 Å². The summed E-state index contributed by atoms with van der Waals surface area (Å²) in [5.74, 6) is -0.0568. The molecule has 2 aromatic rings. The van der Waals surface area contributed by atoms with Crippen molar-refractivity contribution >= 4 is 29.5 Å². The zero-order valence-corrected chi connectivity index (χ0v) is 19.5. The molecule has 0 aromatic heterocycles. The molecule has 0 unspecified atom stereocenters. The summed E-state index contributed by atoms with van der Waals surface area (Å²) in [5, 5.41) is 3.42. The molecule has 3 aliphatic rings. The average Bonchev–Trinajstić information content (AvgIpc) is 3.24. The second-order valence-corrected chi connectivity index (χ2v) is 9.41. The maximum atomic E-state index is 13.1. The minimum Gasteiger partial charge on any atom is -0.456 e. The van der Waals surface area contributed by atoms with Gasteiger partial charge in [0, 0.05) is 18.1 Å². The van der Waals surface area contributed by atoms with Crippen LogP contribution in [0.1, 0.15) is 30.0 Å². The van der Waals surface area contributed by atoms with E-state index in [1.165, 1.54) is 10.5 Å². The number of carbonyl (C=O) groups is 3. The predicted molar refractivity (Wildman–Crippen MR) is 127 cm³/mol. The number of nitrogens with one attached hydrogen (secondary N) is 1. The molecule has 0 spiro atoms. The van der Waals surface area contributed by atoms with Crippen LogP contribution in [0.3, 0.4) is 0 Å². The van der Waals surface area contributed by atoms with Crippen LogP contribution in [0.15, 0.2) is 65.9 Å². The van der Waals surface area contributed by atoms with E-state index in [0.717, 1.165) is 24.8 Å². The van der Waals surface area contributed by atoms with Crippen LogP contribution in [-0.2, 0) is 20.7 Å². The van der Waals surface area contributed by atoms with Gasteiger partial charge in [0.05, 0.1) is 17.3 Å². The normalized spacial score (nSPS) is 20.8. The van der Waals surface area contributed by atoms with Crippen molar-refractivity contribution in [1.82, 2.24) is 15.1 Å². The van der Waals surface area contributed by atoms with Crippen LogP contribution in [0.4, 0.5) is 4.79 Å². The van der Waals surface area contributed by atoms with Crippen LogP contribution in [0.2, 0.25) is 5.02 Å². The molecule has 0 saturated carbocycles. The summed E-state index contributed by atoms with van der Waals surface area (Å²) in [7, 11) is 0. The third-order valence-corrected chi connectivity index (χ3v) is 7.08. The monoisotopic (exact) mass is 479 g/mol. The second kappa shape index (κ2) is 9.50. The van der Waals surface area contributed by atoms with Gasteiger partial charge in [-0.25, -0.2) is 9.59 Å². The van der Waals surface area contributed by atoms with Crippen LogP contribution in [-0.4, -0.2) is 53.9 Å². The van der Waals surface area contributed by atoms with Gasteiger partial charge in [-0.15, -0.1) is 0 Å². The van der Waals surface area contributed by atoms with Crippen LogP contribution < -0.4 is 5.32 Å². The molecule has 0 aliphatic carbocycles. The predicted octanol–water partition coefficient (Wildman–Crippen LogP) is 3.70. The molecule has 8 heteroatoms. The third kappa shape index (κ3) is 4.53. The molecule has 3 amide bonds. The highest BCUT2D eigenvalue weighted by Gasteiger charge is 2.43. The van der Waals surface area contributed by atoms with Gasteiger partial charge in [-0.05, 0) is 48.4 Å². The van der Waals surface area contributed by atoms with Gasteiger partial charge < -0.3 is 15.0 Å². The van der Waals surface area contributed by atoms with E-state index in [0.29, 0.717) is 35.3 Å². The molecule has 2 aromatic carbocycles. The van der Waals surface area contributed by atoms with Gasteiger partial charge in [-0.3, -0.25) is 9.69 Å². The number of esters is 1. The van der Waals surface area contributed by atoms with Gasteiger partial charge in [0.1, 0.15) is 13.2 Å². The number of urea groups is 1. The summed E-state index contributed by atoms with van der Waals surface area (Å²) in [4.78, 5) is 41.7. The van der Waals surface area contributed by atoms with E-state index in [1.807, 2.05) is 11.0 Å². The molecule has 34 heavy (non-hydrogen) atoms. The molecule has 176 valence electrons. The number of hydrogen-bond donors (Lipinski definition) is 1. The second-order valence-electron chi connectivity index (χ2n) is 8.97. The van der Waals surface area contributed by atoms with Gasteiger partial charge in [0.25, 0.3) is 0 Å². The van der Waals surface area contributed by atoms with E-state index in [2.05, 4.69) is 29.6 Å². The molecular weight excluding hydrogens is 454 g/mol. The largest absolute Gasteiger partial charge is 0.456 e. The first kappa shape index (κ1) is 22.5. The fraction of sp³-hybridized carbons (Fsp3) is 0.346. The molecule has 3 heterocycles. The smallest absolute Gasteiger partial charge is 0.338 e. The van der Waals surface area contributed by atoms with Gasteiger partial charge in [0.2, 0.25) is 5.91 Å². The quantitative estimate of drug-likeness (QED) is 0.663. The lowest BCUT2D eigenvalue weighted by atomic mass is 9.90. The summed E-state index contributed by atoms with van der Waals surface area (Å²) in [6.07, 6.45) is 2.88. The number of benzene rings is 2. The molecule has 1 N–H and O–H groups in total. The van der Waals surface area contributed by atoms with E-state index in [1.54, 1.807) is 24.3 Å². The SMILES string of the molecule is O=C1OCC2=C1[C@H](c1ccc(Cl)cc1)NC(=O)N2CC(=O)N1CCC(Cc2ccccc2)CC1. The number of nitrogens with zero attached hydrogens (tertiary/aromatic N) is 2. The Kier molecular flexibility index (Phi) is 6.28. The number of ether oxygens (including phenoxy) is 1. The van der Waals surface area contributed by atoms with Crippen LogP contribution in [0.25, 0.3) is 0 Å². The van der Waals surface area contributed by atoms with Crippen molar-refractivity contribution in [3.05, 3.63) is 82.0 Å². The Hall–Kier alpha value is -3.32. The Morgan fingerprint density at radius 2 is 1.74 bits per heavy atom. The molecule has 1 atom stereocenters. The number of piperidine rings is 1. The molecule has 3 aliphatic heterocycles. The van der Waals surface area contributed by atoms with E-state index in [4.69, 9.17) is 16.3 Å². The number of amides is 3. The number of rotatable bonds is 5. The highest BCUT2D eigenvalue weighted by atomic mass is 35.5. The minimum absolute atomic E-state index is 0.0158. The van der Waals surface area contributed by atoms with Crippen molar-refractivity contribution in [2.24, 2.45) is 5.92 Å². The Morgan fingerprint density at radius 1 is 1.03 bits per heavy atom. The van der Waals surface area contributed by atoms with Gasteiger partial charge in [-0.1, -0.05) is 54.1 Å². The number of hydrogen-bond acceptors (Lipinski definition) is 4. The number of cyclic esters (lactones) is 1. The highest BCUT2D eigenvalue weighted by Crippen LogP contribution is 2.35. The van der Waals surface area contributed by atoms with E-state index in [9.17, 15) is 14.4 Å². The molecule has 0 bridgehead atoms. The Balaban J connectivity index is 1.26. The zero-order chi connectivity index (χ0) is 23.7. The first-order valence-corrected chi connectivity index (χ1v) is 11.9. The maximum Gasteiger partial charge on any atom is 0.338 e. The summed E-state index contributed by atoms with van der Waals surface area (Å²) in [6, 6.07) is 16.3. The fourth-order valence-corrected chi connectivity index (χ4v) is 5.08. The van der Waals surface area contributed by atoms with E-state index < -0.39 is 18.0 Å². The summed E-state index contributed by atoms with van der Waals surface area (Å²) in [6.45, 7) is 1.21. The molecule has 0 radical (unpaired) electrons. The zero-order valence-electron chi connectivity index (χ0n) is 18.7. The van der Waals surface area contributed by atoms with Gasteiger partial charge in [-0.2, -0.15) is 0 Å². The summed E-state index contributed by atoms with van der Waals surface area (Å²) in [5.41, 5.74) is 2.88. The standard InChI is InChI=1S/C26H26ClN3O4/c27-20-8-6-19(7-9-20)24-23-21(16-34-25(23)32)30(26(33)28-24)15-22(31)29-12-10-18(11-13-29)14-17-4-2-1-3-5-17/h1-9,18,24H,10-16H2,(H,28,33)/t24-/m0/s1. The topological polar surface area (TPSA) is 79.0 Å². The minimum atomic E-state index is -0.630. The number of carbonyl (C=O) groups excluding carboxylic acids is 3. The Bertz CT molecular complexity index is 1120. The summed E-state index contributed by atoms with van der Waals surface area (Å²) < 4.78 is 5.25. The molecule has 7 nitrogen and oxygen atoms in total. The fourth-order valence-electron chi connectivity index (χ4n) is 4.95. The first-order chi connectivity index (χ1) is 16.5. The van der Waals surface area contributed by atoms with Crippen molar-refractivity contribution in [2.75, 3.05) is 26.2 Å². The average molecular weight is 480 g/mol. The lowest BCUT2D eigenvalue weighted by molar-refractivity contribution is -0.136. The van der Waals surface area contributed by atoms with Crippen LogP contribution in [0, 0.1) is 5.92 Å². The lowest BCUT2D eigenvalue weighted by Gasteiger charge is -2.36. The lowest BCUT2D eigenvalue weighted by Crippen LogP contribution is -2.52. The summed E-state index contributed by atoms with van der Waals surface area (Å²) >= 11 is 5.98. The van der Waals surface area contributed by atoms with Gasteiger partial charge >= 0.3 is 12.0 Å². The molecular formula is C26H26ClN3O4. The third-order valence-electron chi connectivity index (χ3n) is 6.83. The van der Waals surface area contributed by atoms with E-state index >= 15 is 0 Å². The van der Waals surface area contributed by atoms with Crippen molar-refractivity contribution < 1.29 is 19.1 Å². The van der Waals surface area contributed by atoms with Crippen molar-refractivity contribution in [1.29, 1.82) is 0 Å². The highest BCUT2D eigenvalue weighted by molar-refractivity contribution is 6.30. The molecule has 5 rings (SSSR count). The molecule has 1 saturated heterocycles. The Morgan fingerprint density at radius 3 is 2.44 bits per heavy atom. The van der Waals surface area contributed by atoms with Crippen LogP contribution >= 0.6 is 11.6 Å². The van der Waals surface area contributed by atoms with Gasteiger partial charge in [0.15, 0.2) is 0 Å². The maximum absolute atomic E-state index is 13.1.